The van der Waals surface area contributed by atoms with Crippen molar-refractivity contribution < 1.29 is 9.59 Å². The van der Waals surface area contributed by atoms with Crippen LogP contribution in [0.5, 0.6) is 0 Å². The van der Waals surface area contributed by atoms with E-state index >= 15 is 0 Å². The lowest BCUT2D eigenvalue weighted by Crippen LogP contribution is -2.25. The minimum atomic E-state index is -0.120. The molecule has 0 unspecified atom stereocenters. The highest BCUT2D eigenvalue weighted by Gasteiger charge is 2.08. The molecular formula is C7H13NO2. The fourth-order valence-electron chi connectivity index (χ4n) is 0.552. The molecule has 0 atom stereocenters. The Morgan fingerprint density at radius 2 is 2.10 bits per heavy atom. The normalized spacial score (nSPS) is 9.60. The largest absolute Gasteiger partial charge is 0.288 e. The number of hydrogen-bond acceptors (Lipinski definition) is 2. The molecule has 0 N–H and O–H groups in total. The Morgan fingerprint density at radius 1 is 1.60 bits per heavy atom. The molecule has 0 saturated carbocycles. The van der Waals surface area contributed by atoms with E-state index < -0.39 is 0 Å². The summed E-state index contributed by atoms with van der Waals surface area (Å²) >= 11 is 0. The fraction of sp³-hybridized carbons (Fsp3) is 0.714. The molecule has 0 aliphatic rings. The van der Waals surface area contributed by atoms with Crippen LogP contribution in [0.25, 0.3) is 0 Å². The molecule has 10 heavy (non-hydrogen) atoms. The van der Waals surface area contributed by atoms with Gasteiger partial charge >= 0.3 is 0 Å². The number of nitrogens with zero attached hydrogens (tertiary/aromatic N) is 1. The van der Waals surface area contributed by atoms with Crippen LogP contribution in [-0.2, 0) is 9.59 Å². The molecule has 0 bridgehead atoms. The van der Waals surface area contributed by atoms with E-state index in [-0.39, 0.29) is 5.91 Å². The molecule has 0 spiro atoms. The Labute approximate surface area is 61.0 Å². The Hall–Kier alpha value is -0.860. The van der Waals surface area contributed by atoms with Crippen LogP contribution in [0.4, 0.5) is 0 Å². The standard InChI is InChI=1S/C7H13NO2/c1-6(2)4-7(10)8(3)5-9/h5-6H,4H2,1-3H3. The van der Waals surface area contributed by atoms with Crippen LogP contribution in [0.3, 0.4) is 0 Å². The Balaban J connectivity index is 3.73. The van der Waals surface area contributed by atoms with Gasteiger partial charge in [-0.25, -0.2) is 0 Å². The van der Waals surface area contributed by atoms with Crippen LogP contribution in [0.15, 0.2) is 0 Å². The third-order valence-electron chi connectivity index (χ3n) is 1.13. The summed E-state index contributed by atoms with van der Waals surface area (Å²) in [7, 11) is 1.47. The number of carbonyl (C=O) groups excluding carboxylic acids is 2. The molecule has 0 fully saturated rings. The second kappa shape index (κ2) is 4.04. The maximum atomic E-state index is 10.9. The van der Waals surface area contributed by atoms with E-state index in [0.29, 0.717) is 18.7 Å². The van der Waals surface area contributed by atoms with Gasteiger partial charge in [0.25, 0.3) is 0 Å². The number of amides is 2. The van der Waals surface area contributed by atoms with Crippen LogP contribution in [0, 0.1) is 5.92 Å². The Morgan fingerprint density at radius 3 is 2.40 bits per heavy atom. The average molecular weight is 143 g/mol. The van der Waals surface area contributed by atoms with E-state index in [2.05, 4.69) is 0 Å². The second-order valence-electron chi connectivity index (χ2n) is 2.71. The summed E-state index contributed by atoms with van der Waals surface area (Å²) in [6, 6.07) is 0. The molecule has 0 radical (unpaired) electrons. The van der Waals surface area contributed by atoms with Crippen LogP contribution in [0.2, 0.25) is 0 Å². The van der Waals surface area contributed by atoms with Crippen molar-refractivity contribution in [2.45, 2.75) is 20.3 Å². The van der Waals surface area contributed by atoms with Crippen molar-refractivity contribution in [2.24, 2.45) is 5.92 Å². The van der Waals surface area contributed by atoms with Crippen molar-refractivity contribution in [1.82, 2.24) is 4.90 Å². The summed E-state index contributed by atoms with van der Waals surface area (Å²) in [5.41, 5.74) is 0. The van der Waals surface area contributed by atoms with Crippen molar-refractivity contribution in [3.63, 3.8) is 0 Å². The first-order valence-corrected chi connectivity index (χ1v) is 3.29. The zero-order chi connectivity index (χ0) is 8.15. The molecule has 0 heterocycles. The molecule has 0 aromatic heterocycles. The molecule has 0 rings (SSSR count). The van der Waals surface area contributed by atoms with Gasteiger partial charge in [0.2, 0.25) is 12.3 Å². The molecule has 0 aliphatic heterocycles. The van der Waals surface area contributed by atoms with Crippen molar-refractivity contribution in [2.75, 3.05) is 7.05 Å². The van der Waals surface area contributed by atoms with Gasteiger partial charge in [-0.3, -0.25) is 14.5 Å². The highest BCUT2D eigenvalue weighted by atomic mass is 16.2. The summed E-state index contributed by atoms with van der Waals surface area (Å²) < 4.78 is 0. The lowest BCUT2D eigenvalue weighted by atomic mass is 10.1. The third-order valence-corrected chi connectivity index (χ3v) is 1.13. The molecule has 0 aromatic rings. The quantitative estimate of drug-likeness (QED) is 0.544. The van der Waals surface area contributed by atoms with Crippen molar-refractivity contribution in [1.29, 1.82) is 0 Å². The topological polar surface area (TPSA) is 37.4 Å². The van der Waals surface area contributed by atoms with Gasteiger partial charge in [-0.15, -0.1) is 0 Å². The number of carbonyl (C=O) groups is 2. The van der Waals surface area contributed by atoms with Crippen LogP contribution in [-0.4, -0.2) is 24.3 Å². The van der Waals surface area contributed by atoms with E-state index in [9.17, 15) is 9.59 Å². The number of hydrogen-bond donors (Lipinski definition) is 0. The summed E-state index contributed by atoms with van der Waals surface area (Å²) in [6.07, 6.45) is 0.972. The zero-order valence-corrected chi connectivity index (χ0v) is 6.63. The maximum absolute atomic E-state index is 10.9. The molecule has 0 aromatic carbocycles. The predicted octanol–water partition coefficient (Wildman–Crippen LogP) is 0.647. The minimum absolute atomic E-state index is 0.120. The first-order chi connectivity index (χ1) is 4.57. The maximum Gasteiger partial charge on any atom is 0.228 e. The highest BCUT2D eigenvalue weighted by molar-refractivity contribution is 5.85. The Bertz CT molecular complexity index is 132. The molecule has 3 heteroatoms. The Kier molecular flexibility index (Phi) is 3.69. The van der Waals surface area contributed by atoms with Gasteiger partial charge in [0, 0.05) is 13.5 Å². The first-order valence-electron chi connectivity index (χ1n) is 3.29. The smallest absolute Gasteiger partial charge is 0.228 e. The number of rotatable bonds is 3. The van der Waals surface area contributed by atoms with Crippen LogP contribution < -0.4 is 0 Å². The van der Waals surface area contributed by atoms with Gasteiger partial charge in [-0.2, -0.15) is 0 Å². The van der Waals surface area contributed by atoms with Gasteiger partial charge < -0.3 is 0 Å². The van der Waals surface area contributed by atoms with Gasteiger partial charge in [0.1, 0.15) is 0 Å². The molecule has 3 nitrogen and oxygen atoms in total. The first kappa shape index (κ1) is 9.14. The molecule has 2 amide bonds. The van der Waals surface area contributed by atoms with Crippen LogP contribution in [0.1, 0.15) is 20.3 Å². The SMILES string of the molecule is CC(C)CC(=O)N(C)C=O. The van der Waals surface area contributed by atoms with E-state index in [0.717, 1.165) is 4.90 Å². The lowest BCUT2D eigenvalue weighted by Gasteiger charge is -2.09. The van der Waals surface area contributed by atoms with E-state index in [4.69, 9.17) is 0 Å². The third kappa shape index (κ3) is 3.22. The highest BCUT2D eigenvalue weighted by Crippen LogP contribution is 2.00. The van der Waals surface area contributed by atoms with E-state index in [1.807, 2.05) is 13.8 Å². The van der Waals surface area contributed by atoms with E-state index in [1.165, 1.54) is 7.05 Å². The monoisotopic (exact) mass is 143 g/mol. The van der Waals surface area contributed by atoms with Gasteiger partial charge in [0.15, 0.2) is 0 Å². The minimum Gasteiger partial charge on any atom is -0.288 e. The predicted molar refractivity (Wildman–Crippen MR) is 38.3 cm³/mol. The molecule has 0 aliphatic carbocycles. The summed E-state index contributed by atoms with van der Waals surface area (Å²) in [5, 5.41) is 0. The molecule has 0 saturated heterocycles. The summed E-state index contributed by atoms with van der Waals surface area (Å²) in [5.74, 6) is 0.194. The average Bonchev–Trinajstić information content (AvgIpc) is 1.85. The molecule has 58 valence electrons. The van der Waals surface area contributed by atoms with Gasteiger partial charge in [-0.05, 0) is 5.92 Å². The van der Waals surface area contributed by atoms with E-state index in [1.54, 1.807) is 0 Å². The zero-order valence-electron chi connectivity index (χ0n) is 6.63. The lowest BCUT2D eigenvalue weighted by molar-refractivity contribution is -0.137. The molecular weight excluding hydrogens is 130 g/mol. The van der Waals surface area contributed by atoms with Crippen LogP contribution >= 0.6 is 0 Å². The van der Waals surface area contributed by atoms with Gasteiger partial charge in [0.05, 0.1) is 0 Å². The summed E-state index contributed by atoms with van der Waals surface area (Å²) in [6.45, 7) is 3.88. The van der Waals surface area contributed by atoms with Crippen molar-refractivity contribution in [3.05, 3.63) is 0 Å². The van der Waals surface area contributed by atoms with Crippen molar-refractivity contribution in [3.8, 4) is 0 Å². The van der Waals surface area contributed by atoms with Crippen molar-refractivity contribution >= 4 is 12.3 Å². The number of imide groups is 1. The summed E-state index contributed by atoms with van der Waals surface area (Å²) in [4.78, 5) is 22.0. The fourth-order valence-corrected chi connectivity index (χ4v) is 0.552. The second-order valence-corrected chi connectivity index (χ2v) is 2.71. The van der Waals surface area contributed by atoms with Gasteiger partial charge in [-0.1, -0.05) is 13.8 Å².